The number of rotatable bonds is 2. The Morgan fingerprint density at radius 2 is 2.06 bits per heavy atom. The summed E-state index contributed by atoms with van der Waals surface area (Å²) < 4.78 is 38.2. The molecule has 2 aromatic rings. The number of alkyl halides is 3. The first-order valence-electron chi connectivity index (χ1n) is 4.56. The van der Waals surface area contributed by atoms with Gasteiger partial charge in [0.15, 0.2) is 5.82 Å². The van der Waals surface area contributed by atoms with Gasteiger partial charge in [-0.1, -0.05) is 0 Å². The highest BCUT2D eigenvalue weighted by molar-refractivity contribution is 5.31. The van der Waals surface area contributed by atoms with E-state index in [-0.39, 0.29) is 12.4 Å². The van der Waals surface area contributed by atoms with Gasteiger partial charge in [0, 0.05) is 0 Å². The Hall–Kier alpha value is -1.96. The van der Waals surface area contributed by atoms with Crippen LogP contribution in [0.15, 0.2) is 24.7 Å². The van der Waals surface area contributed by atoms with E-state index in [9.17, 15) is 13.2 Å². The number of aliphatic hydroxyl groups excluding tert-OH is 1. The first-order valence-corrected chi connectivity index (χ1v) is 4.56. The van der Waals surface area contributed by atoms with Gasteiger partial charge in [0.05, 0.1) is 11.9 Å². The average molecular weight is 244 g/mol. The van der Waals surface area contributed by atoms with Gasteiger partial charge >= 0.3 is 6.18 Å². The lowest BCUT2D eigenvalue weighted by Gasteiger charge is -2.07. The molecular formula is C9H7F3N4O. The molecule has 17 heavy (non-hydrogen) atoms. The van der Waals surface area contributed by atoms with Gasteiger partial charge < -0.3 is 5.11 Å². The number of nitrogens with zero attached hydrogens (tertiary/aromatic N) is 4. The topological polar surface area (TPSA) is 63.8 Å². The molecule has 0 atom stereocenters. The largest absolute Gasteiger partial charge is 0.433 e. The third-order valence-corrected chi connectivity index (χ3v) is 2.08. The van der Waals surface area contributed by atoms with Gasteiger partial charge in [0.25, 0.3) is 0 Å². The molecule has 5 nitrogen and oxygen atoms in total. The van der Waals surface area contributed by atoms with E-state index in [4.69, 9.17) is 5.11 Å². The van der Waals surface area contributed by atoms with E-state index < -0.39 is 11.9 Å². The number of hydrogen-bond donors (Lipinski definition) is 1. The van der Waals surface area contributed by atoms with Crippen LogP contribution in [0.4, 0.5) is 13.2 Å². The minimum Gasteiger partial charge on any atom is -0.388 e. The van der Waals surface area contributed by atoms with E-state index in [1.807, 2.05) is 0 Å². The van der Waals surface area contributed by atoms with Crippen LogP contribution < -0.4 is 0 Å². The van der Waals surface area contributed by atoms with Crippen molar-refractivity contribution in [2.24, 2.45) is 0 Å². The molecule has 0 radical (unpaired) electrons. The SMILES string of the molecule is OCc1nncn1-c1ccc(C(F)(F)F)nc1. The molecule has 1 N–H and O–H groups in total. The highest BCUT2D eigenvalue weighted by Gasteiger charge is 2.32. The summed E-state index contributed by atoms with van der Waals surface area (Å²) in [6, 6.07) is 2.09. The molecule has 0 aliphatic rings. The highest BCUT2D eigenvalue weighted by atomic mass is 19.4. The van der Waals surface area contributed by atoms with E-state index in [0.717, 1.165) is 12.3 Å². The first kappa shape index (κ1) is 11.5. The van der Waals surface area contributed by atoms with Crippen LogP contribution in [0.2, 0.25) is 0 Å². The van der Waals surface area contributed by atoms with Gasteiger partial charge in [-0.25, -0.2) is 4.98 Å². The summed E-state index contributed by atoms with van der Waals surface area (Å²) in [5.74, 6) is 0.228. The molecule has 0 aromatic carbocycles. The number of pyridine rings is 1. The van der Waals surface area contributed by atoms with Gasteiger partial charge in [0.2, 0.25) is 0 Å². The summed E-state index contributed by atoms with van der Waals surface area (Å²) in [6.45, 7) is -0.360. The maximum Gasteiger partial charge on any atom is 0.433 e. The Morgan fingerprint density at radius 1 is 1.29 bits per heavy atom. The maximum absolute atomic E-state index is 12.3. The Morgan fingerprint density at radius 3 is 2.59 bits per heavy atom. The fourth-order valence-electron chi connectivity index (χ4n) is 1.28. The molecule has 0 bridgehead atoms. The van der Waals surface area contributed by atoms with Gasteiger partial charge in [-0.2, -0.15) is 13.2 Å². The number of hydrogen-bond acceptors (Lipinski definition) is 4. The smallest absolute Gasteiger partial charge is 0.388 e. The Kier molecular flexibility index (Phi) is 2.80. The molecule has 0 fully saturated rings. The molecule has 0 spiro atoms. The van der Waals surface area contributed by atoms with Crippen LogP contribution in [-0.4, -0.2) is 24.9 Å². The van der Waals surface area contributed by atoms with Crippen LogP contribution in [0.5, 0.6) is 0 Å². The molecular weight excluding hydrogens is 237 g/mol. The lowest BCUT2D eigenvalue weighted by Crippen LogP contribution is -2.08. The van der Waals surface area contributed by atoms with Gasteiger partial charge in [-0.05, 0) is 12.1 Å². The fraction of sp³-hybridized carbons (Fsp3) is 0.222. The predicted octanol–water partition coefficient (Wildman–Crippen LogP) is 1.17. The molecule has 0 amide bonds. The number of halogens is 3. The van der Waals surface area contributed by atoms with Crippen LogP contribution in [0.3, 0.4) is 0 Å². The molecule has 0 saturated heterocycles. The Bertz CT molecular complexity index is 506. The van der Waals surface area contributed by atoms with Crippen LogP contribution in [0.25, 0.3) is 5.69 Å². The van der Waals surface area contributed by atoms with Crippen molar-refractivity contribution in [3.05, 3.63) is 36.2 Å². The molecule has 2 rings (SSSR count). The fourth-order valence-corrected chi connectivity index (χ4v) is 1.28. The zero-order chi connectivity index (χ0) is 12.5. The summed E-state index contributed by atoms with van der Waals surface area (Å²) in [4.78, 5) is 3.30. The lowest BCUT2D eigenvalue weighted by atomic mass is 10.3. The maximum atomic E-state index is 12.3. The van der Waals surface area contributed by atoms with Crippen LogP contribution in [-0.2, 0) is 12.8 Å². The van der Waals surface area contributed by atoms with Crippen molar-refractivity contribution < 1.29 is 18.3 Å². The predicted molar refractivity (Wildman–Crippen MR) is 50.1 cm³/mol. The van der Waals surface area contributed by atoms with E-state index in [2.05, 4.69) is 15.2 Å². The van der Waals surface area contributed by atoms with Crippen molar-refractivity contribution >= 4 is 0 Å². The molecule has 2 heterocycles. The monoisotopic (exact) mass is 244 g/mol. The minimum absolute atomic E-state index is 0.228. The Balaban J connectivity index is 2.36. The van der Waals surface area contributed by atoms with Crippen LogP contribution in [0, 0.1) is 0 Å². The second kappa shape index (κ2) is 4.13. The van der Waals surface area contributed by atoms with E-state index in [1.165, 1.54) is 17.0 Å². The standard InChI is InChI=1S/C9H7F3N4O/c10-9(11,12)7-2-1-6(3-13-7)16-5-14-15-8(16)4-17/h1-3,5,17H,4H2. The molecule has 2 aromatic heterocycles. The molecule has 90 valence electrons. The van der Waals surface area contributed by atoms with Crippen molar-refractivity contribution in [1.82, 2.24) is 19.7 Å². The zero-order valence-corrected chi connectivity index (χ0v) is 8.39. The van der Waals surface area contributed by atoms with E-state index in [1.54, 1.807) is 0 Å². The third kappa shape index (κ3) is 2.26. The molecule has 8 heteroatoms. The summed E-state index contributed by atoms with van der Waals surface area (Å²) >= 11 is 0. The summed E-state index contributed by atoms with van der Waals surface area (Å²) in [7, 11) is 0. The Labute approximate surface area is 93.6 Å². The second-order valence-electron chi connectivity index (χ2n) is 3.17. The zero-order valence-electron chi connectivity index (χ0n) is 8.39. The van der Waals surface area contributed by atoms with Crippen molar-refractivity contribution in [1.29, 1.82) is 0 Å². The second-order valence-corrected chi connectivity index (χ2v) is 3.17. The molecule has 0 unspecified atom stereocenters. The normalized spacial score (nSPS) is 11.8. The first-order chi connectivity index (χ1) is 8.02. The van der Waals surface area contributed by atoms with Crippen LogP contribution >= 0.6 is 0 Å². The third-order valence-electron chi connectivity index (χ3n) is 2.08. The quantitative estimate of drug-likeness (QED) is 0.861. The lowest BCUT2D eigenvalue weighted by molar-refractivity contribution is -0.141. The summed E-state index contributed by atoms with van der Waals surface area (Å²) in [5.41, 5.74) is -0.619. The average Bonchev–Trinajstić information content (AvgIpc) is 2.76. The van der Waals surface area contributed by atoms with Crippen molar-refractivity contribution in [2.45, 2.75) is 12.8 Å². The van der Waals surface area contributed by atoms with E-state index >= 15 is 0 Å². The number of aliphatic hydroxyl groups is 1. The van der Waals surface area contributed by atoms with Gasteiger partial charge in [0.1, 0.15) is 18.6 Å². The molecule has 0 aliphatic heterocycles. The van der Waals surface area contributed by atoms with Crippen molar-refractivity contribution in [2.75, 3.05) is 0 Å². The summed E-state index contributed by atoms with van der Waals surface area (Å²) in [6.07, 6.45) is -2.13. The van der Waals surface area contributed by atoms with Gasteiger partial charge in [-0.3, -0.25) is 4.57 Å². The highest BCUT2D eigenvalue weighted by Crippen LogP contribution is 2.27. The minimum atomic E-state index is -4.47. The van der Waals surface area contributed by atoms with Crippen molar-refractivity contribution in [3.63, 3.8) is 0 Å². The summed E-state index contributed by atoms with van der Waals surface area (Å²) in [5, 5.41) is 16.1. The van der Waals surface area contributed by atoms with E-state index in [0.29, 0.717) is 5.69 Å². The van der Waals surface area contributed by atoms with Gasteiger partial charge in [-0.15, -0.1) is 10.2 Å². The van der Waals surface area contributed by atoms with Crippen molar-refractivity contribution in [3.8, 4) is 5.69 Å². The molecule has 0 saturated carbocycles. The van der Waals surface area contributed by atoms with Crippen LogP contribution in [0.1, 0.15) is 11.5 Å². The molecule has 0 aliphatic carbocycles. The number of aromatic nitrogens is 4.